The summed E-state index contributed by atoms with van der Waals surface area (Å²) < 4.78 is 29.9. The number of nitriles is 1. The second-order valence-corrected chi connectivity index (χ2v) is 6.54. The monoisotopic (exact) mass is 295 g/mol. The van der Waals surface area contributed by atoms with Gasteiger partial charge in [0.1, 0.15) is 18.3 Å². The first-order valence-corrected chi connectivity index (χ1v) is 7.19. The molecule has 0 saturated carbocycles. The average Bonchev–Trinajstić information content (AvgIpc) is 2.81. The molecule has 0 bridgehead atoms. The predicted octanol–water partition coefficient (Wildman–Crippen LogP) is 1.85. The first-order valence-electron chi connectivity index (χ1n) is 7.19. The van der Waals surface area contributed by atoms with Crippen molar-refractivity contribution in [1.29, 1.82) is 5.26 Å². The maximum atomic E-state index is 8.66. The SMILES string of the molecule is CC1(C)O[C@@H]2[C@@H](CO[C@@]3(C/C=C/C#N)OC(C)(C)O[C@@H]23)O1. The molecule has 0 N–H and O–H groups in total. The van der Waals surface area contributed by atoms with Crippen LogP contribution < -0.4 is 0 Å². The van der Waals surface area contributed by atoms with Crippen LogP contribution in [0.2, 0.25) is 0 Å². The van der Waals surface area contributed by atoms with Gasteiger partial charge in [0.25, 0.3) is 0 Å². The van der Waals surface area contributed by atoms with E-state index < -0.39 is 23.5 Å². The Morgan fingerprint density at radius 2 is 1.90 bits per heavy atom. The maximum absolute atomic E-state index is 8.66. The molecule has 3 rings (SSSR count). The Hall–Kier alpha value is -0.970. The molecule has 4 atom stereocenters. The van der Waals surface area contributed by atoms with Gasteiger partial charge in [-0.15, -0.1) is 0 Å². The zero-order valence-electron chi connectivity index (χ0n) is 12.8. The summed E-state index contributed by atoms with van der Waals surface area (Å²) in [5, 5.41) is 8.66. The Bertz CT molecular complexity index is 495. The fourth-order valence-electron chi connectivity index (χ4n) is 3.29. The van der Waals surface area contributed by atoms with Gasteiger partial charge in [-0.3, -0.25) is 0 Å². The Morgan fingerprint density at radius 1 is 1.14 bits per heavy atom. The van der Waals surface area contributed by atoms with Gasteiger partial charge in [-0.25, -0.2) is 0 Å². The van der Waals surface area contributed by atoms with Crippen molar-refractivity contribution in [3.63, 3.8) is 0 Å². The largest absolute Gasteiger partial charge is 0.344 e. The van der Waals surface area contributed by atoms with Gasteiger partial charge < -0.3 is 23.7 Å². The summed E-state index contributed by atoms with van der Waals surface area (Å²) in [6.45, 7) is 7.83. The third-order valence-electron chi connectivity index (χ3n) is 3.87. The van der Waals surface area contributed by atoms with E-state index in [0.717, 1.165) is 0 Å². The number of hydrogen-bond acceptors (Lipinski definition) is 6. The highest BCUT2D eigenvalue weighted by atomic mass is 16.9. The van der Waals surface area contributed by atoms with Crippen molar-refractivity contribution in [2.24, 2.45) is 0 Å². The molecule has 6 nitrogen and oxygen atoms in total. The zero-order valence-corrected chi connectivity index (χ0v) is 12.8. The summed E-state index contributed by atoms with van der Waals surface area (Å²) in [5.74, 6) is -2.36. The quantitative estimate of drug-likeness (QED) is 0.724. The van der Waals surface area contributed by atoms with Crippen LogP contribution in [-0.4, -0.2) is 42.3 Å². The Balaban J connectivity index is 1.88. The van der Waals surface area contributed by atoms with Crippen molar-refractivity contribution in [3.05, 3.63) is 12.2 Å². The zero-order chi connectivity index (χ0) is 15.3. The van der Waals surface area contributed by atoms with E-state index in [-0.39, 0.29) is 12.2 Å². The molecule has 3 saturated heterocycles. The van der Waals surface area contributed by atoms with Gasteiger partial charge in [-0.2, -0.15) is 5.26 Å². The van der Waals surface area contributed by atoms with Crippen molar-refractivity contribution in [3.8, 4) is 6.07 Å². The Labute approximate surface area is 124 Å². The van der Waals surface area contributed by atoms with Crippen LogP contribution in [0, 0.1) is 11.3 Å². The highest BCUT2D eigenvalue weighted by molar-refractivity contribution is 5.09. The van der Waals surface area contributed by atoms with Crippen LogP contribution in [0.1, 0.15) is 34.1 Å². The fourth-order valence-corrected chi connectivity index (χ4v) is 3.29. The first-order chi connectivity index (χ1) is 9.77. The van der Waals surface area contributed by atoms with Crippen molar-refractivity contribution < 1.29 is 23.7 Å². The normalized spacial score (nSPS) is 43.5. The third kappa shape index (κ3) is 2.60. The van der Waals surface area contributed by atoms with Crippen LogP contribution in [0.3, 0.4) is 0 Å². The lowest BCUT2D eigenvalue weighted by Gasteiger charge is -2.40. The second-order valence-electron chi connectivity index (χ2n) is 6.54. The number of fused-ring (bicyclic) bond motifs is 3. The summed E-state index contributed by atoms with van der Waals surface area (Å²) >= 11 is 0. The van der Waals surface area contributed by atoms with Crippen LogP contribution in [0.25, 0.3) is 0 Å². The molecule has 0 aromatic rings. The van der Waals surface area contributed by atoms with E-state index in [0.29, 0.717) is 13.0 Å². The number of allylic oxidation sites excluding steroid dienone is 1. The Morgan fingerprint density at radius 3 is 2.62 bits per heavy atom. The predicted molar refractivity (Wildman–Crippen MR) is 71.9 cm³/mol. The number of ether oxygens (including phenoxy) is 5. The fraction of sp³-hybridized carbons (Fsp3) is 0.800. The van der Waals surface area contributed by atoms with Crippen LogP contribution in [0.5, 0.6) is 0 Å². The second kappa shape index (κ2) is 4.77. The third-order valence-corrected chi connectivity index (χ3v) is 3.87. The van der Waals surface area contributed by atoms with Crippen molar-refractivity contribution in [2.45, 2.75) is 69.8 Å². The minimum absolute atomic E-state index is 0.171. The number of nitrogens with zero attached hydrogens (tertiary/aromatic N) is 1. The molecule has 0 amide bonds. The van der Waals surface area contributed by atoms with E-state index in [4.69, 9.17) is 28.9 Å². The van der Waals surface area contributed by atoms with Crippen molar-refractivity contribution in [1.82, 2.24) is 0 Å². The minimum atomic E-state index is -0.929. The molecule has 0 aromatic heterocycles. The summed E-state index contributed by atoms with van der Waals surface area (Å²) in [7, 11) is 0. The average molecular weight is 295 g/mol. The van der Waals surface area contributed by atoms with Crippen LogP contribution >= 0.6 is 0 Å². The highest BCUT2D eigenvalue weighted by Gasteiger charge is 2.64. The molecule has 0 aromatic carbocycles. The van der Waals surface area contributed by atoms with Gasteiger partial charge >= 0.3 is 0 Å². The number of hydrogen-bond donors (Lipinski definition) is 0. The molecule has 6 heteroatoms. The maximum Gasteiger partial charge on any atom is 0.204 e. The molecule has 0 aliphatic carbocycles. The van der Waals surface area contributed by atoms with E-state index in [2.05, 4.69) is 0 Å². The highest BCUT2D eigenvalue weighted by Crippen LogP contribution is 2.48. The molecular formula is C15H21NO5. The smallest absolute Gasteiger partial charge is 0.204 e. The molecule has 0 spiro atoms. The Kier molecular flexibility index (Phi) is 3.39. The topological polar surface area (TPSA) is 69.9 Å². The molecule has 116 valence electrons. The van der Waals surface area contributed by atoms with Crippen molar-refractivity contribution >= 4 is 0 Å². The molecule has 0 unspecified atom stereocenters. The molecule has 0 radical (unpaired) electrons. The standard InChI is InChI=1S/C15H21NO5/c1-13(2)18-10-9-17-15(7-5-6-8-16)12(11(10)19-13)20-14(3,4)21-15/h5-6,10-12H,7,9H2,1-4H3/b6-5+/t10-,11-,12+,15+/m1/s1. The van der Waals surface area contributed by atoms with Gasteiger partial charge in [0.2, 0.25) is 5.79 Å². The molecule has 3 aliphatic rings. The lowest BCUT2D eigenvalue weighted by molar-refractivity contribution is -0.279. The molecule has 3 aliphatic heterocycles. The number of rotatable bonds is 2. The lowest BCUT2D eigenvalue weighted by atomic mass is 9.94. The van der Waals surface area contributed by atoms with Gasteiger partial charge in [0.05, 0.1) is 12.7 Å². The van der Waals surface area contributed by atoms with E-state index in [1.165, 1.54) is 6.08 Å². The molecule has 3 heterocycles. The van der Waals surface area contributed by atoms with Crippen LogP contribution in [0.4, 0.5) is 0 Å². The van der Waals surface area contributed by atoms with Gasteiger partial charge in [-0.1, -0.05) is 6.08 Å². The summed E-state index contributed by atoms with van der Waals surface area (Å²) in [6, 6.07) is 1.98. The molecule has 3 fully saturated rings. The van der Waals surface area contributed by atoms with Gasteiger partial charge in [0, 0.05) is 12.5 Å². The van der Waals surface area contributed by atoms with Crippen molar-refractivity contribution in [2.75, 3.05) is 6.61 Å². The van der Waals surface area contributed by atoms with Gasteiger partial charge in [0.15, 0.2) is 11.6 Å². The summed E-state index contributed by atoms with van der Waals surface area (Å²) in [5.41, 5.74) is 0. The lowest BCUT2D eigenvalue weighted by Crippen LogP contribution is -2.58. The van der Waals surface area contributed by atoms with E-state index in [1.807, 2.05) is 33.8 Å². The van der Waals surface area contributed by atoms with Gasteiger partial charge in [-0.05, 0) is 27.7 Å². The van der Waals surface area contributed by atoms with E-state index in [9.17, 15) is 0 Å². The van der Waals surface area contributed by atoms with Crippen LogP contribution in [0.15, 0.2) is 12.2 Å². The summed E-state index contributed by atoms with van der Waals surface area (Å²) in [4.78, 5) is 0. The molecular weight excluding hydrogens is 274 g/mol. The molecule has 21 heavy (non-hydrogen) atoms. The van der Waals surface area contributed by atoms with Crippen LogP contribution in [-0.2, 0) is 23.7 Å². The first kappa shape index (κ1) is 14.9. The van der Waals surface area contributed by atoms with E-state index in [1.54, 1.807) is 6.08 Å². The van der Waals surface area contributed by atoms with E-state index >= 15 is 0 Å². The minimum Gasteiger partial charge on any atom is -0.344 e. The summed E-state index contributed by atoms with van der Waals surface area (Å²) in [6.07, 6.45) is 2.78.